The molecule has 0 aliphatic rings. The Morgan fingerprint density at radius 3 is 2.55 bits per heavy atom. The summed E-state index contributed by atoms with van der Waals surface area (Å²) in [5, 5.41) is 5.14. The maximum atomic E-state index is 6.17. The van der Waals surface area contributed by atoms with Crippen molar-refractivity contribution in [1.29, 1.82) is 0 Å². The molecule has 1 unspecified atom stereocenters. The van der Waals surface area contributed by atoms with E-state index in [4.69, 9.17) is 23.2 Å². The van der Waals surface area contributed by atoms with Crippen molar-refractivity contribution in [3.05, 3.63) is 54.1 Å². The maximum Gasteiger partial charge on any atom is 0.0888 e. The van der Waals surface area contributed by atoms with Crippen LogP contribution in [-0.4, -0.2) is 6.54 Å². The van der Waals surface area contributed by atoms with Crippen molar-refractivity contribution in [1.82, 2.24) is 5.32 Å². The molecule has 2 aromatic rings. The van der Waals surface area contributed by atoms with Crippen molar-refractivity contribution in [3.8, 4) is 0 Å². The Labute approximate surface area is 142 Å². The number of benzene rings is 1. The molecule has 0 aliphatic carbocycles. The molecule has 1 heterocycles. The van der Waals surface area contributed by atoms with Crippen LogP contribution in [0.2, 0.25) is 10.0 Å². The molecular weight excluding hydrogens is 377 g/mol. The smallest absolute Gasteiger partial charge is 0.0888 e. The van der Waals surface area contributed by atoms with Crippen molar-refractivity contribution >= 4 is 50.5 Å². The molecule has 0 saturated heterocycles. The Bertz CT molecular complexity index is 578. The predicted molar refractivity (Wildman–Crippen MR) is 93.4 cm³/mol. The summed E-state index contributed by atoms with van der Waals surface area (Å²) in [7, 11) is 0. The molecule has 0 amide bonds. The molecule has 2 rings (SSSR count). The topological polar surface area (TPSA) is 12.0 Å². The minimum Gasteiger partial charge on any atom is -0.306 e. The summed E-state index contributed by atoms with van der Waals surface area (Å²) >= 11 is 17.4. The zero-order valence-corrected chi connectivity index (χ0v) is 15.3. The minimum absolute atomic E-state index is 0.153. The SMILES string of the molecule is CCCNC(c1ccc(Cl)c(C)c1)c1cc(Cl)c(Br)s1. The summed E-state index contributed by atoms with van der Waals surface area (Å²) in [5.41, 5.74) is 2.31. The fourth-order valence-electron chi connectivity index (χ4n) is 2.02. The molecule has 0 radical (unpaired) electrons. The van der Waals surface area contributed by atoms with Gasteiger partial charge in [0.05, 0.1) is 14.9 Å². The van der Waals surface area contributed by atoms with Gasteiger partial charge < -0.3 is 5.32 Å². The van der Waals surface area contributed by atoms with Gasteiger partial charge in [-0.05, 0) is 59.1 Å². The van der Waals surface area contributed by atoms with E-state index < -0.39 is 0 Å². The molecule has 1 nitrogen and oxygen atoms in total. The monoisotopic (exact) mass is 391 g/mol. The van der Waals surface area contributed by atoms with Crippen molar-refractivity contribution in [2.75, 3.05) is 6.54 Å². The van der Waals surface area contributed by atoms with Gasteiger partial charge in [0, 0.05) is 9.90 Å². The lowest BCUT2D eigenvalue weighted by molar-refractivity contribution is 0.605. The van der Waals surface area contributed by atoms with Gasteiger partial charge in [-0.15, -0.1) is 11.3 Å². The predicted octanol–water partition coefficient (Wildman–Crippen LogP) is 6.21. The van der Waals surface area contributed by atoms with Crippen LogP contribution in [0.3, 0.4) is 0 Å². The number of thiophene rings is 1. The van der Waals surface area contributed by atoms with Gasteiger partial charge in [-0.3, -0.25) is 0 Å². The van der Waals surface area contributed by atoms with Gasteiger partial charge in [0.1, 0.15) is 0 Å². The second kappa shape index (κ2) is 7.28. The van der Waals surface area contributed by atoms with Crippen molar-refractivity contribution in [3.63, 3.8) is 0 Å². The second-order valence-corrected chi connectivity index (χ2v) is 7.88. The van der Waals surface area contributed by atoms with Gasteiger partial charge in [0.15, 0.2) is 0 Å². The van der Waals surface area contributed by atoms with Crippen LogP contribution in [0.4, 0.5) is 0 Å². The standard InChI is InChI=1S/C15H16BrCl2NS/c1-3-6-19-14(13-8-12(18)15(16)20-13)10-4-5-11(17)9(2)7-10/h4-5,7-8,14,19H,3,6H2,1-2H3. The number of aryl methyl sites for hydroxylation is 1. The Hall–Kier alpha value is -0.0600. The van der Waals surface area contributed by atoms with Gasteiger partial charge in [-0.25, -0.2) is 0 Å². The van der Waals surface area contributed by atoms with Crippen LogP contribution >= 0.6 is 50.5 Å². The second-order valence-electron chi connectivity index (χ2n) is 4.67. The molecule has 1 N–H and O–H groups in total. The van der Waals surface area contributed by atoms with Crippen LogP contribution < -0.4 is 5.32 Å². The third kappa shape index (κ3) is 3.77. The lowest BCUT2D eigenvalue weighted by Crippen LogP contribution is -2.22. The highest BCUT2D eigenvalue weighted by Crippen LogP contribution is 2.38. The maximum absolute atomic E-state index is 6.17. The van der Waals surface area contributed by atoms with E-state index in [0.29, 0.717) is 0 Å². The molecule has 1 aromatic carbocycles. The summed E-state index contributed by atoms with van der Waals surface area (Å²) in [6.07, 6.45) is 1.09. The van der Waals surface area contributed by atoms with Gasteiger partial charge in [0.2, 0.25) is 0 Å². The minimum atomic E-state index is 0.153. The summed E-state index contributed by atoms with van der Waals surface area (Å²) in [4.78, 5) is 1.21. The normalized spacial score (nSPS) is 12.7. The zero-order chi connectivity index (χ0) is 14.7. The van der Waals surface area contributed by atoms with Crippen molar-refractivity contribution in [2.24, 2.45) is 0 Å². The van der Waals surface area contributed by atoms with E-state index in [0.717, 1.165) is 32.4 Å². The fraction of sp³-hybridized carbons (Fsp3) is 0.333. The third-order valence-corrected chi connectivity index (χ3v) is 6.03. The number of hydrogen-bond donors (Lipinski definition) is 1. The number of hydrogen-bond acceptors (Lipinski definition) is 2. The molecule has 20 heavy (non-hydrogen) atoms. The summed E-state index contributed by atoms with van der Waals surface area (Å²) in [6.45, 7) is 5.15. The van der Waals surface area contributed by atoms with E-state index in [-0.39, 0.29) is 6.04 Å². The third-order valence-electron chi connectivity index (χ3n) is 3.06. The Balaban J connectivity index is 2.38. The molecule has 0 spiro atoms. The summed E-state index contributed by atoms with van der Waals surface area (Å²) in [6, 6.07) is 8.34. The van der Waals surface area contributed by atoms with Crippen LogP contribution in [0.5, 0.6) is 0 Å². The molecule has 0 aliphatic heterocycles. The van der Waals surface area contributed by atoms with E-state index in [2.05, 4.69) is 40.3 Å². The quantitative estimate of drug-likeness (QED) is 0.637. The lowest BCUT2D eigenvalue weighted by Gasteiger charge is -2.18. The first-order valence-electron chi connectivity index (χ1n) is 6.47. The molecule has 0 saturated carbocycles. The van der Waals surface area contributed by atoms with Gasteiger partial charge in [-0.1, -0.05) is 42.3 Å². The fourth-order valence-corrected chi connectivity index (χ4v) is 3.99. The van der Waals surface area contributed by atoms with E-state index in [1.807, 2.05) is 19.1 Å². The van der Waals surface area contributed by atoms with E-state index in [9.17, 15) is 0 Å². The number of rotatable bonds is 5. The average Bonchev–Trinajstić information content (AvgIpc) is 2.74. The Kier molecular flexibility index (Phi) is 5.94. The van der Waals surface area contributed by atoms with E-state index in [1.165, 1.54) is 10.4 Å². The van der Waals surface area contributed by atoms with Gasteiger partial charge >= 0.3 is 0 Å². The molecular formula is C15H16BrCl2NS. The first-order chi connectivity index (χ1) is 9.52. The van der Waals surface area contributed by atoms with Crippen LogP contribution in [-0.2, 0) is 0 Å². The highest BCUT2D eigenvalue weighted by molar-refractivity contribution is 9.11. The highest BCUT2D eigenvalue weighted by Gasteiger charge is 2.18. The Morgan fingerprint density at radius 1 is 1.25 bits per heavy atom. The van der Waals surface area contributed by atoms with Crippen LogP contribution in [0, 0.1) is 6.92 Å². The lowest BCUT2D eigenvalue weighted by atomic mass is 10.0. The van der Waals surface area contributed by atoms with Crippen molar-refractivity contribution < 1.29 is 0 Å². The number of halogens is 3. The Morgan fingerprint density at radius 2 is 2.00 bits per heavy atom. The largest absolute Gasteiger partial charge is 0.306 e. The number of nitrogens with one attached hydrogen (secondary N) is 1. The van der Waals surface area contributed by atoms with Crippen LogP contribution in [0.25, 0.3) is 0 Å². The van der Waals surface area contributed by atoms with Gasteiger partial charge in [0.25, 0.3) is 0 Å². The molecule has 0 bridgehead atoms. The van der Waals surface area contributed by atoms with E-state index >= 15 is 0 Å². The summed E-state index contributed by atoms with van der Waals surface area (Å²) < 4.78 is 0.975. The first-order valence-corrected chi connectivity index (χ1v) is 8.83. The highest BCUT2D eigenvalue weighted by atomic mass is 79.9. The van der Waals surface area contributed by atoms with E-state index in [1.54, 1.807) is 11.3 Å². The van der Waals surface area contributed by atoms with Crippen LogP contribution in [0.1, 0.15) is 35.4 Å². The zero-order valence-electron chi connectivity index (χ0n) is 11.3. The first kappa shape index (κ1) is 16.3. The molecule has 0 fully saturated rings. The molecule has 1 aromatic heterocycles. The van der Waals surface area contributed by atoms with Crippen molar-refractivity contribution in [2.45, 2.75) is 26.3 Å². The summed E-state index contributed by atoms with van der Waals surface area (Å²) in [5.74, 6) is 0. The molecule has 5 heteroatoms. The van der Waals surface area contributed by atoms with Crippen LogP contribution in [0.15, 0.2) is 28.1 Å². The molecule has 1 atom stereocenters. The van der Waals surface area contributed by atoms with Gasteiger partial charge in [-0.2, -0.15) is 0 Å². The molecule has 108 valence electrons. The average molecular weight is 393 g/mol.